The third-order valence-corrected chi connectivity index (χ3v) is 5.37. The predicted octanol–water partition coefficient (Wildman–Crippen LogP) is 2.04. The normalized spacial score (nSPS) is 24.6. The summed E-state index contributed by atoms with van der Waals surface area (Å²) in [4.78, 5) is 16.7. The molecule has 0 aromatic heterocycles. The minimum atomic E-state index is -0.177. The van der Waals surface area contributed by atoms with Gasteiger partial charge in [-0.15, -0.1) is 0 Å². The second-order valence-corrected chi connectivity index (χ2v) is 7.12. The van der Waals surface area contributed by atoms with E-state index >= 15 is 0 Å². The summed E-state index contributed by atoms with van der Waals surface area (Å²) in [5.41, 5.74) is 1.17. The van der Waals surface area contributed by atoms with Gasteiger partial charge in [0.15, 0.2) is 0 Å². The van der Waals surface area contributed by atoms with Gasteiger partial charge in [-0.3, -0.25) is 9.69 Å². The van der Waals surface area contributed by atoms with Crippen LogP contribution in [0.1, 0.15) is 37.7 Å². The van der Waals surface area contributed by atoms with Crippen LogP contribution in [0.5, 0.6) is 0 Å². The molecule has 1 aromatic rings. The standard InChI is InChI=1S/C20H30N2O3/c23-19-9-4-8-18(19)21-11-13-22(14-12-21)20(24)10-5-15-25-16-17-6-2-1-3-7-17/h1-3,6-7,18-19,23H,4-5,8-16H2/t18-,19+/m0/s1. The van der Waals surface area contributed by atoms with Gasteiger partial charge in [0.25, 0.3) is 0 Å². The second-order valence-electron chi connectivity index (χ2n) is 7.12. The Kier molecular flexibility index (Phi) is 6.84. The molecule has 0 spiro atoms. The molecule has 25 heavy (non-hydrogen) atoms. The molecule has 0 bridgehead atoms. The molecule has 5 heteroatoms. The Bertz CT molecular complexity index is 529. The van der Waals surface area contributed by atoms with Gasteiger partial charge < -0.3 is 14.7 Å². The lowest BCUT2D eigenvalue weighted by Gasteiger charge is -2.39. The Labute approximate surface area is 150 Å². The Morgan fingerprint density at radius 2 is 1.88 bits per heavy atom. The molecular formula is C20H30N2O3. The number of ether oxygens (including phenoxy) is 1. The van der Waals surface area contributed by atoms with Crippen molar-refractivity contribution >= 4 is 5.91 Å². The van der Waals surface area contributed by atoms with E-state index in [0.29, 0.717) is 25.7 Å². The van der Waals surface area contributed by atoms with Gasteiger partial charge in [0.1, 0.15) is 0 Å². The summed E-state index contributed by atoms with van der Waals surface area (Å²) in [6.45, 7) is 4.57. The summed E-state index contributed by atoms with van der Waals surface area (Å²) in [6.07, 6.45) is 4.28. The molecule has 3 rings (SSSR count). The van der Waals surface area contributed by atoms with Gasteiger partial charge >= 0.3 is 0 Å². The minimum Gasteiger partial charge on any atom is -0.391 e. The molecule has 0 unspecified atom stereocenters. The van der Waals surface area contributed by atoms with E-state index in [-0.39, 0.29) is 12.0 Å². The number of aliphatic hydroxyl groups is 1. The van der Waals surface area contributed by atoms with E-state index in [4.69, 9.17) is 4.74 Å². The van der Waals surface area contributed by atoms with Crippen molar-refractivity contribution in [2.45, 2.75) is 50.9 Å². The first-order valence-corrected chi connectivity index (χ1v) is 9.55. The Hall–Kier alpha value is -1.43. The number of nitrogens with zero attached hydrogens (tertiary/aromatic N) is 2. The first-order chi connectivity index (χ1) is 12.2. The topological polar surface area (TPSA) is 53.0 Å². The minimum absolute atomic E-state index is 0.177. The molecular weight excluding hydrogens is 316 g/mol. The number of amides is 1. The fraction of sp³-hybridized carbons (Fsp3) is 0.650. The van der Waals surface area contributed by atoms with Gasteiger partial charge in [-0.2, -0.15) is 0 Å². The van der Waals surface area contributed by atoms with Crippen molar-refractivity contribution in [2.75, 3.05) is 32.8 Å². The third kappa shape index (κ3) is 5.27. The van der Waals surface area contributed by atoms with Crippen LogP contribution < -0.4 is 0 Å². The van der Waals surface area contributed by atoms with Crippen LogP contribution >= 0.6 is 0 Å². The molecule has 1 N–H and O–H groups in total. The predicted molar refractivity (Wildman–Crippen MR) is 97.1 cm³/mol. The highest BCUT2D eigenvalue weighted by molar-refractivity contribution is 5.76. The molecule has 1 aliphatic heterocycles. The molecule has 1 saturated heterocycles. The fourth-order valence-corrected chi connectivity index (χ4v) is 3.90. The van der Waals surface area contributed by atoms with Crippen LogP contribution in [0.4, 0.5) is 0 Å². The number of carbonyl (C=O) groups excluding carboxylic acids is 1. The Balaban J connectivity index is 1.29. The molecule has 5 nitrogen and oxygen atoms in total. The summed E-state index contributed by atoms with van der Waals surface area (Å²) in [5.74, 6) is 0.231. The van der Waals surface area contributed by atoms with E-state index in [1.165, 1.54) is 5.56 Å². The van der Waals surface area contributed by atoms with Crippen LogP contribution in [0.25, 0.3) is 0 Å². The van der Waals surface area contributed by atoms with E-state index in [1.54, 1.807) is 0 Å². The maximum atomic E-state index is 12.3. The van der Waals surface area contributed by atoms with Gasteiger partial charge in [0.2, 0.25) is 5.91 Å². The van der Waals surface area contributed by atoms with Crippen molar-refractivity contribution in [1.29, 1.82) is 0 Å². The van der Waals surface area contributed by atoms with Crippen molar-refractivity contribution in [3.8, 4) is 0 Å². The number of benzene rings is 1. The first-order valence-electron chi connectivity index (χ1n) is 9.55. The van der Waals surface area contributed by atoms with Crippen molar-refractivity contribution < 1.29 is 14.6 Å². The quantitative estimate of drug-likeness (QED) is 0.768. The largest absolute Gasteiger partial charge is 0.391 e. The SMILES string of the molecule is O=C(CCCOCc1ccccc1)N1CCN([C@H]2CCC[C@H]2O)CC1. The molecule has 2 aliphatic rings. The molecule has 0 radical (unpaired) electrons. The summed E-state index contributed by atoms with van der Waals surface area (Å²) >= 11 is 0. The number of carbonyl (C=O) groups is 1. The number of rotatable bonds is 7. The van der Waals surface area contributed by atoms with Crippen molar-refractivity contribution in [2.24, 2.45) is 0 Å². The van der Waals surface area contributed by atoms with Gasteiger partial charge in [0, 0.05) is 45.2 Å². The van der Waals surface area contributed by atoms with E-state index < -0.39 is 0 Å². The lowest BCUT2D eigenvalue weighted by atomic mass is 10.1. The highest BCUT2D eigenvalue weighted by Crippen LogP contribution is 2.25. The summed E-state index contributed by atoms with van der Waals surface area (Å²) in [6, 6.07) is 10.4. The summed E-state index contributed by atoms with van der Waals surface area (Å²) in [7, 11) is 0. The van der Waals surface area contributed by atoms with Crippen LogP contribution in [-0.2, 0) is 16.1 Å². The molecule has 1 aromatic carbocycles. The van der Waals surface area contributed by atoms with E-state index in [0.717, 1.165) is 51.9 Å². The fourth-order valence-electron chi connectivity index (χ4n) is 3.90. The highest BCUT2D eigenvalue weighted by atomic mass is 16.5. The summed E-state index contributed by atoms with van der Waals surface area (Å²) in [5, 5.41) is 10.0. The Morgan fingerprint density at radius 3 is 2.56 bits per heavy atom. The average molecular weight is 346 g/mol. The van der Waals surface area contributed by atoms with Crippen LogP contribution in [0.15, 0.2) is 30.3 Å². The van der Waals surface area contributed by atoms with Gasteiger partial charge in [-0.25, -0.2) is 0 Å². The van der Waals surface area contributed by atoms with Crippen LogP contribution in [0, 0.1) is 0 Å². The maximum absolute atomic E-state index is 12.3. The van der Waals surface area contributed by atoms with Crippen LogP contribution in [0.2, 0.25) is 0 Å². The van der Waals surface area contributed by atoms with Crippen molar-refractivity contribution in [1.82, 2.24) is 9.80 Å². The first kappa shape index (κ1) is 18.4. The monoisotopic (exact) mass is 346 g/mol. The zero-order valence-electron chi connectivity index (χ0n) is 15.0. The van der Waals surface area contributed by atoms with E-state index in [2.05, 4.69) is 4.90 Å². The molecule has 2 fully saturated rings. The van der Waals surface area contributed by atoms with Crippen molar-refractivity contribution in [3.63, 3.8) is 0 Å². The molecule has 1 amide bonds. The van der Waals surface area contributed by atoms with Crippen LogP contribution in [0.3, 0.4) is 0 Å². The lowest BCUT2D eigenvalue weighted by molar-refractivity contribution is -0.133. The van der Waals surface area contributed by atoms with Crippen LogP contribution in [-0.4, -0.2) is 65.7 Å². The Morgan fingerprint density at radius 1 is 1.12 bits per heavy atom. The average Bonchev–Trinajstić information content (AvgIpc) is 3.08. The van der Waals surface area contributed by atoms with Crippen molar-refractivity contribution in [3.05, 3.63) is 35.9 Å². The third-order valence-electron chi connectivity index (χ3n) is 5.37. The lowest BCUT2D eigenvalue weighted by Crippen LogP contribution is -2.53. The zero-order chi connectivity index (χ0) is 17.5. The van der Waals surface area contributed by atoms with E-state index in [1.807, 2.05) is 35.2 Å². The van der Waals surface area contributed by atoms with Gasteiger partial charge in [-0.05, 0) is 31.2 Å². The van der Waals surface area contributed by atoms with E-state index in [9.17, 15) is 9.90 Å². The molecule has 1 saturated carbocycles. The number of aliphatic hydroxyl groups excluding tert-OH is 1. The second kappa shape index (κ2) is 9.32. The molecule has 1 heterocycles. The zero-order valence-corrected chi connectivity index (χ0v) is 15.0. The van der Waals surface area contributed by atoms with Gasteiger partial charge in [-0.1, -0.05) is 30.3 Å². The number of hydrogen-bond donors (Lipinski definition) is 1. The maximum Gasteiger partial charge on any atom is 0.222 e. The highest BCUT2D eigenvalue weighted by Gasteiger charge is 2.33. The smallest absolute Gasteiger partial charge is 0.222 e. The number of piperazine rings is 1. The molecule has 1 aliphatic carbocycles. The van der Waals surface area contributed by atoms with Gasteiger partial charge in [0.05, 0.1) is 12.7 Å². The number of hydrogen-bond acceptors (Lipinski definition) is 4. The summed E-state index contributed by atoms with van der Waals surface area (Å²) < 4.78 is 5.65. The molecule has 2 atom stereocenters. The molecule has 138 valence electrons.